The summed E-state index contributed by atoms with van der Waals surface area (Å²) in [6.07, 6.45) is 2.97. The van der Waals surface area contributed by atoms with Gasteiger partial charge < -0.3 is 37.5 Å². The molecular formula is C20H33N7O6S. The van der Waals surface area contributed by atoms with Gasteiger partial charge in [-0.3, -0.25) is 19.2 Å². The number of aromatic amines is 1. The van der Waals surface area contributed by atoms with Gasteiger partial charge in [0.25, 0.3) is 0 Å². The third-order valence-electron chi connectivity index (χ3n) is 5.23. The largest absolute Gasteiger partial charge is 0.480 e. The number of primary amides is 1. The van der Waals surface area contributed by atoms with Crippen LogP contribution in [-0.2, 0) is 30.4 Å². The molecule has 1 aromatic heterocycles. The molecule has 34 heavy (non-hydrogen) atoms. The van der Waals surface area contributed by atoms with Gasteiger partial charge >= 0.3 is 5.97 Å². The molecule has 9 N–H and O–H groups in total. The molecule has 1 aromatic rings. The first-order valence-electron chi connectivity index (χ1n) is 10.8. The van der Waals surface area contributed by atoms with Gasteiger partial charge in [-0.25, -0.2) is 9.78 Å². The Morgan fingerprint density at radius 2 is 1.76 bits per heavy atom. The number of hydrogen-bond acceptors (Lipinski definition) is 8. The van der Waals surface area contributed by atoms with E-state index < -0.39 is 53.8 Å². The Hall–Kier alpha value is -3.13. The highest BCUT2D eigenvalue weighted by atomic mass is 32.1. The number of H-pyrrole nitrogens is 1. The van der Waals surface area contributed by atoms with Gasteiger partial charge in [-0.2, -0.15) is 12.6 Å². The Morgan fingerprint density at radius 3 is 2.26 bits per heavy atom. The quantitative estimate of drug-likeness (QED) is 0.126. The molecule has 1 heterocycles. The van der Waals surface area contributed by atoms with Crippen LogP contribution in [0.3, 0.4) is 0 Å². The zero-order valence-corrected chi connectivity index (χ0v) is 20.0. The maximum Gasteiger partial charge on any atom is 0.326 e. The van der Waals surface area contributed by atoms with Crippen molar-refractivity contribution in [3.8, 4) is 0 Å². The lowest BCUT2D eigenvalue weighted by Crippen LogP contribution is -2.59. The fraction of sp³-hybridized carbons (Fsp3) is 0.600. The van der Waals surface area contributed by atoms with E-state index in [1.807, 2.05) is 0 Å². The number of carbonyl (C=O) groups is 5. The SMILES string of the molecule is CCC(C)C(NC(=O)C(CCC(N)=O)NC(=O)C(N)CS)C(=O)NC(Cc1cnc[nH]1)C(=O)O. The molecule has 13 nitrogen and oxygen atoms in total. The smallest absolute Gasteiger partial charge is 0.326 e. The van der Waals surface area contributed by atoms with Crippen molar-refractivity contribution >= 4 is 42.2 Å². The fourth-order valence-electron chi connectivity index (χ4n) is 2.95. The first kappa shape index (κ1) is 28.9. The number of carboxylic acids is 1. The van der Waals surface area contributed by atoms with Crippen LogP contribution in [0, 0.1) is 5.92 Å². The van der Waals surface area contributed by atoms with Gasteiger partial charge in [0.2, 0.25) is 23.6 Å². The molecule has 0 aliphatic rings. The van der Waals surface area contributed by atoms with Gasteiger partial charge in [-0.05, 0) is 12.3 Å². The van der Waals surface area contributed by atoms with Crippen molar-refractivity contribution in [3.63, 3.8) is 0 Å². The Balaban J connectivity index is 3.01. The van der Waals surface area contributed by atoms with Crippen LogP contribution in [0.5, 0.6) is 0 Å². The third-order valence-corrected chi connectivity index (χ3v) is 5.63. The zero-order valence-electron chi connectivity index (χ0n) is 19.1. The lowest BCUT2D eigenvalue weighted by Gasteiger charge is -2.28. The first-order chi connectivity index (χ1) is 16.0. The standard InChI is InChI=1S/C20H33N7O6S/c1-3-10(2)16(19(31)26-14(20(32)33)6-11-7-23-9-24-11)27-18(30)13(4-5-15(22)28)25-17(29)12(21)8-34/h7,9-10,12-14,16,34H,3-6,8,21H2,1-2H3,(H2,22,28)(H,23,24)(H,25,29)(H,26,31)(H,27,30)(H,32,33). The summed E-state index contributed by atoms with van der Waals surface area (Å²) in [5.41, 5.74) is 11.3. The number of carboxylic acid groups (broad SMARTS) is 1. The highest BCUT2D eigenvalue weighted by Gasteiger charge is 2.33. The van der Waals surface area contributed by atoms with Crippen LogP contribution < -0.4 is 27.4 Å². The summed E-state index contributed by atoms with van der Waals surface area (Å²) in [6.45, 7) is 3.51. The summed E-state index contributed by atoms with van der Waals surface area (Å²) < 4.78 is 0. The van der Waals surface area contributed by atoms with E-state index in [9.17, 15) is 29.1 Å². The second-order valence-electron chi connectivity index (χ2n) is 7.91. The molecule has 0 fully saturated rings. The highest BCUT2D eigenvalue weighted by molar-refractivity contribution is 7.80. The molecule has 5 atom stereocenters. The number of thiol groups is 1. The Labute approximate surface area is 202 Å². The van der Waals surface area contributed by atoms with Gasteiger partial charge in [0.05, 0.1) is 12.4 Å². The molecule has 5 unspecified atom stereocenters. The molecule has 14 heteroatoms. The lowest BCUT2D eigenvalue weighted by molar-refractivity contribution is -0.142. The predicted octanol–water partition coefficient (Wildman–Crippen LogP) is -1.94. The predicted molar refractivity (Wildman–Crippen MR) is 125 cm³/mol. The summed E-state index contributed by atoms with van der Waals surface area (Å²) in [7, 11) is 0. The van der Waals surface area contributed by atoms with Crippen LogP contribution >= 0.6 is 12.6 Å². The molecule has 0 radical (unpaired) electrons. The van der Waals surface area contributed by atoms with Crippen LogP contribution in [0.1, 0.15) is 38.8 Å². The molecule has 4 amide bonds. The van der Waals surface area contributed by atoms with E-state index in [0.717, 1.165) is 0 Å². The molecule has 190 valence electrons. The Kier molecular flexibility index (Phi) is 12.1. The summed E-state index contributed by atoms with van der Waals surface area (Å²) in [5, 5.41) is 17.0. The first-order valence-corrected chi connectivity index (χ1v) is 11.4. The third kappa shape index (κ3) is 9.39. The van der Waals surface area contributed by atoms with Crippen molar-refractivity contribution in [2.45, 2.75) is 63.7 Å². The second kappa shape index (κ2) is 14.2. The molecular weight excluding hydrogens is 466 g/mol. The average molecular weight is 500 g/mol. The van der Waals surface area contributed by atoms with E-state index in [4.69, 9.17) is 11.5 Å². The van der Waals surface area contributed by atoms with Crippen LogP contribution in [-0.4, -0.2) is 74.6 Å². The summed E-state index contributed by atoms with van der Waals surface area (Å²) >= 11 is 3.95. The van der Waals surface area contributed by atoms with E-state index in [1.165, 1.54) is 12.5 Å². The van der Waals surface area contributed by atoms with Crippen molar-refractivity contribution in [2.24, 2.45) is 17.4 Å². The number of nitrogens with two attached hydrogens (primary N) is 2. The van der Waals surface area contributed by atoms with Gasteiger partial charge in [0.15, 0.2) is 0 Å². The van der Waals surface area contributed by atoms with E-state index >= 15 is 0 Å². The molecule has 1 rings (SSSR count). The van der Waals surface area contributed by atoms with Gasteiger partial charge in [0, 0.05) is 30.5 Å². The number of imidazole rings is 1. The van der Waals surface area contributed by atoms with Crippen LogP contribution in [0.4, 0.5) is 0 Å². The second-order valence-corrected chi connectivity index (χ2v) is 8.27. The zero-order chi connectivity index (χ0) is 25.8. The van der Waals surface area contributed by atoms with Crippen molar-refractivity contribution in [1.82, 2.24) is 25.9 Å². The summed E-state index contributed by atoms with van der Waals surface area (Å²) in [4.78, 5) is 67.6. The lowest BCUT2D eigenvalue weighted by atomic mass is 9.96. The number of rotatable bonds is 15. The number of amides is 4. The summed E-state index contributed by atoms with van der Waals surface area (Å²) in [5.74, 6) is -4.38. The Bertz CT molecular complexity index is 850. The molecule has 0 aliphatic heterocycles. The summed E-state index contributed by atoms with van der Waals surface area (Å²) in [6, 6.07) is -4.55. The number of aliphatic carboxylic acids is 1. The fourth-order valence-corrected chi connectivity index (χ4v) is 3.12. The van der Waals surface area contributed by atoms with E-state index in [-0.39, 0.29) is 30.9 Å². The van der Waals surface area contributed by atoms with E-state index in [1.54, 1.807) is 13.8 Å². The van der Waals surface area contributed by atoms with Crippen molar-refractivity contribution < 1.29 is 29.1 Å². The number of carbonyl (C=O) groups excluding carboxylic acids is 4. The van der Waals surface area contributed by atoms with Gasteiger partial charge in [-0.1, -0.05) is 20.3 Å². The average Bonchev–Trinajstić information content (AvgIpc) is 3.31. The molecule has 0 saturated carbocycles. The van der Waals surface area contributed by atoms with Crippen molar-refractivity contribution in [2.75, 3.05) is 5.75 Å². The van der Waals surface area contributed by atoms with Gasteiger partial charge in [0.1, 0.15) is 18.1 Å². The molecule has 0 spiro atoms. The molecule has 0 aliphatic carbocycles. The molecule has 0 saturated heterocycles. The monoisotopic (exact) mass is 499 g/mol. The van der Waals surface area contributed by atoms with Crippen molar-refractivity contribution in [3.05, 3.63) is 18.2 Å². The maximum absolute atomic E-state index is 13.0. The minimum Gasteiger partial charge on any atom is -0.480 e. The van der Waals surface area contributed by atoms with Gasteiger partial charge in [-0.15, -0.1) is 0 Å². The van der Waals surface area contributed by atoms with E-state index in [0.29, 0.717) is 12.1 Å². The number of aromatic nitrogens is 2. The number of nitrogens with zero attached hydrogens (tertiary/aromatic N) is 1. The number of hydrogen-bond donors (Lipinski definition) is 8. The van der Waals surface area contributed by atoms with E-state index in [2.05, 4.69) is 38.5 Å². The minimum absolute atomic E-state index is 0.0286. The highest BCUT2D eigenvalue weighted by Crippen LogP contribution is 2.11. The van der Waals surface area contributed by atoms with Crippen LogP contribution in [0.25, 0.3) is 0 Å². The topological polar surface area (TPSA) is 222 Å². The number of nitrogens with one attached hydrogen (secondary N) is 4. The van der Waals surface area contributed by atoms with Crippen LogP contribution in [0.2, 0.25) is 0 Å². The molecule has 0 aromatic carbocycles. The molecule has 0 bridgehead atoms. The maximum atomic E-state index is 13.0. The van der Waals surface area contributed by atoms with Crippen LogP contribution in [0.15, 0.2) is 12.5 Å². The minimum atomic E-state index is -1.27. The Morgan fingerprint density at radius 1 is 1.12 bits per heavy atom. The van der Waals surface area contributed by atoms with Crippen molar-refractivity contribution in [1.29, 1.82) is 0 Å². The normalized spacial score (nSPS) is 15.3.